The second-order valence-electron chi connectivity index (χ2n) is 1.32. The fourth-order valence-corrected chi connectivity index (χ4v) is 0.758. The van der Waals surface area contributed by atoms with Crippen LogP contribution in [0.25, 0.3) is 0 Å². The van der Waals surface area contributed by atoms with Gasteiger partial charge in [0.25, 0.3) is 0 Å². The molecule has 0 aliphatic carbocycles. The largest absolute Gasteiger partial charge is 0.667 e. The molecule has 0 aromatic carbocycles. The van der Waals surface area contributed by atoms with Gasteiger partial charge in [-0.1, -0.05) is 0 Å². The van der Waals surface area contributed by atoms with Gasteiger partial charge in [0, 0.05) is 0 Å². The molecule has 0 aromatic heterocycles. The van der Waals surface area contributed by atoms with Crippen molar-refractivity contribution in [3.05, 3.63) is 10.1 Å². The number of halogens is 2. The topological polar surface area (TPSA) is 99.6 Å². The molecule has 0 aromatic rings. The van der Waals surface area contributed by atoms with Gasteiger partial charge in [0.15, 0.2) is 5.40 Å². The molecule has 0 radical (unpaired) electrons. The summed E-state index contributed by atoms with van der Waals surface area (Å²) >= 11 is -0.428. The molecular weight excluding hydrogens is 232 g/mol. The van der Waals surface area contributed by atoms with Crippen molar-refractivity contribution in [2.24, 2.45) is 0 Å². The Labute approximate surface area is 78.8 Å². The van der Waals surface area contributed by atoms with E-state index in [2.05, 4.69) is 4.84 Å². The smallest absolute Gasteiger partial charge is 0.314 e. The van der Waals surface area contributed by atoms with Gasteiger partial charge in [-0.25, -0.2) is 0 Å². The first kappa shape index (κ1) is 12.3. The zero-order valence-corrected chi connectivity index (χ0v) is 7.22. The molecule has 0 aliphatic rings. The molecule has 7 nitrogen and oxygen atoms in total. The van der Waals surface area contributed by atoms with Gasteiger partial charge in [0.2, 0.25) is 0 Å². The third kappa shape index (κ3) is 4.20. The first-order valence-corrected chi connectivity index (χ1v) is 3.83. The van der Waals surface area contributed by atoms with Crippen molar-refractivity contribution in [1.29, 1.82) is 5.26 Å². The van der Waals surface area contributed by atoms with Crippen molar-refractivity contribution in [2.45, 2.75) is 6.23 Å². The Kier molecular flexibility index (Phi) is 4.88. The fraction of sp³-hybridized carbons (Fsp3) is 0.500. The quantitative estimate of drug-likeness (QED) is 0.144. The number of nitriles is 1. The van der Waals surface area contributed by atoms with E-state index in [0.717, 1.165) is 0 Å². The van der Waals surface area contributed by atoms with Crippen molar-refractivity contribution >= 4 is 24.2 Å². The molecule has 0 atom stereocenters. The molecule has 74 valence electrons. The van der Waals surface area contributed by atoms with E-state index in [4.69, 9.17) is 9.81 Å². The van der Waals surface area contributed by atoms with E-state index in [1.54, 1.807) is 0 Å². The summed E-state index contributed by atoms with van der Waals surface area (Å²) in [5.74, 6) is 0. The van der Waals surface area contributed by atoms with Gasteiger partial charge in [-0.05, 0) is 3.87 Å². The highest BCUT2D eigenvalue weighted by atomic mass is 32.2. The van der Waals surface area contributed by atoms with Crippen LogP contribution in [0.4, 0.5) is 8.78 Å². The Morgan fingerprint density at radius 3 is 2.62 bits per heavy atom. The first-order valence-electron chi connectivity index (χ1n) is 2.33. The highest BCUT2D eigenvalue weighted by molar-refractivity contribution is 8.12. The lowest BCUT2D eigenvalue weighted by Gasteiger charge is -2.12. The molecule has 0 heterocycles. The van der Waals surface area contributed by atoms with Gasteiger partial charge in [-0.2, -0.15) is 5.26 Å². The van der Waals surface area contributed by atoms with Gasteiger partial charge >= 0.3 is 6.23 Å². The summed E-state index contributed by atoms with van der Waals surface area (Å²) in [6.45, 7) is 0. The molecule has 1 N–H and O–H groups in total. The average molecular weight is 233 g/mol. The first-order chi connectivity index (χ1) is 5.94. The van der Waals surface area contributed by atoms with Gasteiger partial charge in [0.05, 0.1) is 11.9 Å². The summed E-state index contributed by atoms with van der Waals surface area (Å²) in [4.78, 5) is 10.9. The monoisotopic (exact) mass is 233 g/mol. The zero-order chi connectivity index (χ0) is 10.5. The lowest BCUT2D eigenvalue weighted by molar-refractivity contribution is -0.719. The van der Waals surface area contributed by atoms with Crippen LogP contribution in [0.15, 0.2) is 0 Å². The highest BCUT2D eigenvalue weighted by Gasteiger charge is 2.50. The lowest BCUT2D eigenvalue weighted by Crippen LogP contribution is -2.34. The predicted octanol–water partition coefficient (Wildman–Crippen LogP) is 1.30. The number of rotatable bonds is 5. The molecule has 0 spiro atoms. The van der Waals surface area contributed by atoms with Crippen LogP contribution in [0.2, 0.25) is 0 Å². The standard InChI is InChI=1S/C2HF2N3O4S2/c3-2(4,6(8)9)11-7(13-10)12-1-5/h10H. The lowest BCUT2D eigenvalue weighted by atomic mass is 11.1. The van der Waals surface area contributed by atoms with Gasteiger partial charge in [-0.15, -0.1) is 13.6 Å². The van der Waals surface area contributed by atoms with Crippen LogP contribution >= 0.6 is 24.2 Å². The van der Waals surface area contributed by atoms with E-state index >= 15 is 0 Å². The van der Waals surface area contributed by atoms with Crippen molar-refractivity contribution in [2.75, 3.05) is 0 Å². The normalized spacial score (nSPS) is 11.3. The summed E-state index contributed by atoms with van der Waals surface area (Å²) in [5, 5.41) is 18.8. The van der Waals surface area contributed by atoms with E-state index in [1.165, 1.54) is 5.40 Å². The Balaban J connectivity index is 4.23. The third-order valence-corrected chi connectivity index (χ3v) is 1.52. The molecule has 0 unspecified atom stereocenters. The highest BCUT2D eigenvalue weighted by Crippen LogP contribution is 2.26. The van der Waals surface area contributed by atoms with Gasteiger partial charge in [0.1, 0.15) is 17.2 Å². The average Bonchev–Trinajstić information content (AvgIpc) is 2.03. The molecule has 0 saturated carbocycles. The third-order valence-electron chi connectivity index (χ3n) is 0.579. The summed E-state index contributed by atoms with van der Waals surface area (Å²) in [6, 6.07) is 0. The number of nitrogens with zero attached hydrogens (tertiary/aromatic N) is 3. The van der Waals surface area contributed by atoms with E-state index in [-0.39, 0.29) is 15.8 Å². The van der Waals surface area contributed by atoms with Gasteiger partial charge in [-0.3, -0.25) is 10.1 Å². The van der Waals surface area contributed by atoms with Crippen LogP contribution in [-0.2, 0) is 4.84 Å². The Bertz CT molecular complexity index is 232. The van der Waals surface area contributed by atoms with E-state index in [1.807, 2.05) is 0 Å². The SMILES string of the molecule is N#CSN(OC(F)(F)[N+](=O)[O-])SO. The molecule has 0 saturated heterocycles. The van der Waals surface area contributed by atoms with Crippen LogP contribution in [0, 0.1) is 20.8 Å². The zero-order valence-electron chi connectivity index (χ0n) is 5.59. The van der Waals surface area contributed by atoms with E-state index in [0.29, 0.717) is 0 Å². The van der Waals surface area contributed by atoms with Crippen molar-refractivity contribution in [3.63, 3.8) is 0 Å². The molecule has 13 heavy (non-hydrogen) atoms. The second-order valence-corrected chi connectivity index (χ2v) is 2.75. The van der Waals surface area contributed by atoms with Crippen LogP contribution in [0.5, 0.6) is 0 Å². The van der Waals surface area contributed by atoms with E-state index < -0.39 is 23.4 Å². The molecule has 11 heteroatoms. The van der Waals surface area contributed by atoms with Crippen LogP contribution < -0.4 is 0 Å². The molecular formula is C2HF2N3O4S2. The van der Waals surface area contributed by atoms with Crippen LogP contribution in [-0.4, -0.2) is 19.6 Å². The maximum Gasteiger partial charge on any atom is 0.667 e. The predicted molar refractivity (Wildman–Crippen MR) is 38.3 cm³/mol. The Hall–Kier alpha value is -0.670. The molecule has 0 rings (SSSR count). The maximum absolute atomic E-state index is 12.1. The minimum absolute atomic E-state index is 0.0341. The van der Waals surface area contributed by atoms with Crippen molar-refractivity contribution in [1.82, 2.24) is 3.87 Å². The van der Waals surface area contributed by atoms with Gasteiger partial charge < -0.3 is 4.55 Å². The maximum atomic E-state index is 12.1. The van der Waals surface area contributed by atoms with E-state index in [9.17, 15) is 18.9 Å². The molecule has 0 fully saturated rings. The molecule has 0 aliphatic heterocycles. The molecule has 0 amide bonds. The fourth-order valence-electron chi connectivity index (χ4n) is 0.208. The van der Waals surface area contributed by atoms with Crippen LogP contribution in [0.3, 0.4) is 0 Å². The summed E-state index contributed by atoms with van der Waals surface area (Å²) in [5.41, 5.74) is 0. The summed E-state index contributed by atoms with van der Waals surface area (Å²) in [6.07, 6.45) is -4.68. The number of alkyl halides is 2. The summed E-state index contributed by atoms with van der Waals surface area (Å²) in [7, 11) is 0. The minimum Gasteiger partial charge on any atom is -0.314 e. The minimum atomic E-state index is -4.68. The second kappa shape index (κ2) is 5.14. The number of nitro groups is 1. The Morgan fingerprint density at radius 2 is 2.31 bits per heavy atom. The summed E-state index contributed by atoms with van der Waals surface area (Å²) < 4.78 is 32.3. The molecule has 0 bridgehead atoms. The van der Waals surface area contributed by atoms with Crippen LogP contribution in [0.1, 0.15) is 0 Å². The number of hydrogen-bond acceptors (Lipinski definition) is 8. The van der Waals surface area contributed by atoms with Crippen molar-refractivity contribution in [3.8, 4) is 5.40 Å². The number of thiocyanates is 1. The number of hydrogen-bond donors (Lipinski definition) is 1. The van der Waals surface area contributed by atoms with Crippen molar-refractivity contribution < 1.29 is 23.1 Å². The Morgan fingerprint density at radius 1 is 1.77 bits per heavy atom.